The van der Waals surface area contributed by atoms with Crippen LogP contribution in [0.1, 0.15) is 61.6 Å². The summed E-state index contributed by atoms with van der Waals surface area (Å²) in [5.74, 6) is -0.924. The Hall–Kier alpha value is -1.39. The summed E-state index contributed by atoms with van der Waals surface area (Å²) in [6, 6.07) is 3.64. The van der Waals surface area contributed by atoms with Crippen LogP contribution < -0.4 is 5.32 Å². The van der Waals surface area contributed by atoms with Crippen molar-refractivity contribution in [3.8, 4) is 0 Å². The van der Waals surface area contributed by atoms with Crippen molar-refractivity contribution in [1.82, 2.24) is 5.32 Å². The number of carbonyl (C=O) groups is 2. The number of hydrogen-bond donors (Lipinski definition) is 1. The first kappa shape index (κ1) is 18.4. The van der Waals surface area contributed by atoms with Crippen LogP contribution in [0.5, 0.6) is 0 Å². The number of unbranched alkanes of at least 4 members (excludes halogenated alkanes) is 1. The van der Waals surface area contributed by atoms with Crippen LogP contribution in [0, 0.1) is 13.8 Å². The molecule has 3 rings (SSSR count). The molecule has 2 fully saturated rings. The normalized spacial score (nSPS) is 28.8. The molecular formula is C20H26ClNO3. The quantitative estimate of drug-likeness (QED) is 0.638. The first-order chi connectivity index (χ1) is 11.9. The van der Waals surface area contributed by atoms with Crippen LogP contribution in [-0.2, 0) is 14.3 Å². The number of carbonyl (C=O) groups excluding carboxylic acids is 2. The van der Waals surface area contributed by atoms with Crippen molar-refractivity contribution in [3.63, 3.8) is 0 Å². The van der Waals surface area contributed by atoms with Gasteiger partial charge in [0.2, 0.25) is 5.91 Å². The Morgan fingerprint density at radius 1 is 1.28 bits per heavy atom. The molecule has 1 aromatic rings. The molecule has 2 aliphatic rings. The average Bonchev–Trinajstić information content (AvgIpc) is 3.03. The van der Waals surface area contributed by atoms with Crippen LogP contribution in [0.3, 0.4) is 0 Å². The highest BCUT2D eigenvalue weighted by Gasteiger charge is 2.56. The fourth-order valence-electron chi connectivity index (χ4n) is 4.28. The van der Waals surface area contributed by atoms with Gasteiger partial charge in [0.15, 0.2) is 5.78 Å². The van der Waals surface area contributed by atoms with E-state index in [1.165, 1.54) is 0 Å². The summed E-state index contributed by atoms with van der Waals surface area (Å²) in [6.07, 6.45) is 4.24. The molecule has 1 aromatic carbocycles. The molecular weight excluding hydrogens is 338 g/mol. The van der Waals surface area contributed by atoms with Gasteiger partial charge in [0.25, 0.3) is 0 Å². The van der Waals surface area contributed by atoms with E-state index in [1.54, 1.807) is 0 Å². The lowest BCUT2D eigenvalue weighted by Crippen LogP contribution is -2.44. The average molecular weight is 364 g/mol. The lowest BCUT2D eigenvalue weighted by atomic mass is 9.82. The minimum absolute atomic E-state index is 0.00684. The number of rotatable bonds is 5. The third kappa shape index (κ3) is 3.34. The molecule has 0 aromatic heterocycles. The number of ketones is 1. The van der Waals surface area contributed by atoms with Crippen molar-refractivity contribution in [3.05, 3.63) is 33.8 Å². The molecule has 1 saturated heterocycles. The van der Waals surface area contributed by atoms with E-state index in [1.807, 2.05) is 26.0 Å². The Morgan fingerprint density at radius 2 is 1.96 bits per heavy atom. The molecule has 1 aliphatic heterocycles. The van der Waals surface area contributed by atoms with Gasteiger partial charge in [0, 0.05) is 18.1 Å². The molecule has 3 atom stereocenters. The second kappa shape index (κ2) is 7.08. The molecule has 1 N–H and O–H groups in total. The number of aryl methyl sites for hydroxylation is 2. The maximum absolute atomic E-state index is 13.2. The van der Waals surface area contributed by atoms with Crippen LogP contribution in [0.25, 0.3) is 0 Å². The van der Waals surface area contributed by atoms with E-state index in [4.69, 9.17) is 16.3 Å². The van der Waals surface area contributed by atoms with Gasteiger partial charge in [-0.1, -0.05) is 24.9 Å². The summed E-state index contributed by atoms with van der Waals surface area (Å²) >= 11 is 6.10. The third-order valence-electron chi connectivity index (χ3n) is 5.53. The van der Waals surface area contributed by atoms with Gasteiger partial charge in [-0.3, -0.25) is 9.59 Å². The van der Waals surface area contributed by atoms with Crippen LogP contribution in [0.2, 0.25) is 5.02 Å². The Morgan fingerprint density at radius 3 is 2.60 bits per heavy atom. The topological polar surface area (TPSA) is 55.4 Å². The van der Waals surface area contributed by atoms with Gasteiger partial charge < -0.3 is 10.1 Å². The van der Waals surface area contributed by atoms with E-state index in [2.05, 4.69) is 12.2 Å². The molecule has 25 heavy (non-hydrogen) atoms. The third-order valence-corrected chi connectivity index (χ3v) is 5.74. The lowest BCUT2D eigenvalue weighted by molar-refractivity contribution is -0.125. The van der Waals surface area contributed by atoms with Crippen LogP contribution in [0.4, 0.5) is 0 Å². The number of amides is 1. The Balaban J connectivity index is 1.82. The Bertz CT molecular complexity index is 679. The van der Waals surface area contributed by atoms with Crippen molar-refractivity contribution >= 4 is 23.3 Å². The van der Waals surface area contributed by atoms with E-state index < -0.39 is 11.5 Å². The van der Waals surface area contributed by atoms with E-state index in [9.17, 15) is 9.59 Å². The van der Waals surface area contributed by atoms with Crippen LogP contribution >= 0.6 is 11.6 Å². The standard InChI is InChI=1S/C20H26ClNO3/c1-4-5-8-25-15-6-7-20(11-15)18(23)17(19(24)22-20)16-12(2)9-14(21)10-13(16)3/h9-10,15,17H,4-8,11H2,1-3H3,(H,22,24). The van der Waals surface area contributed by atoms with Crippen molar-refractivity contribution in [1.29, 1.82) is 0 Å². The first-order valence-corrected chi connectivity index (χ1v) is 9.50. The number of halogens is 1. The molecule has 1 heterocycles. The molecule has 0 bridgehead atoms. The molecule has 1 spiro atoms. The minimum Gasteiger partial charge on any atom is -0.378 e. The fraction of sp³-hybridized carbons (Fsp3) is 0.600. The zero-order valence-electron chi connectivity index (χ0n) is 15.2. The zero-order chi connectivity index (χ0) is 18.2. The van der Waals surface area contributed by atoms with Gasteiger partial charge in [-0.2, -0.15) is 0 Å². The number of hydrogen-bond acceptors (Lipinski definition) is 3. The predicted molar refractivity (Wildman–Crippen MR) is 98.0 cm³/mol. The molecule has 0 radical (unpaired) electrons. The zero-order valence-corrected chi connectivity index (χ0v) is 15.9. The van der Waals surface area contributed by atoms with E-state index in [-0.39, 0.29) is 17.8 Å². The number of ether oxygens (including phenoxy) is 1. The second-order valence-electron chi connectivity index (χ2n) is 7.41. The largest absolute Gasteiger partial charge is 0.378 e. The number of nitrogens with one attached hydrogen (secondary N) is 1. The lowest BCUT2D eigenvalue weighted by Gasteiger charge is -2.22. The van der Waals surface area contributed by atoms with E-state index >= 15 is 0 Å². The summed E-state index contributed by atoms with van der Waals surface area (Å²) in [5, 5.41) is 3.64. The highest BCUT2D eigenvalue weighted by Crippen LogP contribution is 2.43. The van der Waals surface area contributed by atoms with E-state index in [0.717, 1.165) is 42.6 Å². The molecule has 5 heteroatoms. The summed E-state index contributed by atoms with van der Waals surface area (Å²) in [6.45, 7) is 6.66. The first-order valence-electron chi connectivity index (χ1n) is 9.12. The van der Waals surface area contributed by atoms with Crippen molar-refractivity contribution in [2.24, 2.45) is 0 Å². The van der Waals surface area contributed by atoms with Gasteiger partial charge in [-0.05, 0) is 61.9 Å². The van der Waals surface area contributed by atoms with Gasteiger partial charge in [-0.15, -0.1) is 0 Å². The summed E-state index contributed by atoms with van der Waals surface area (Å²) in [4.78, 5) is 25.9. The number of Topliss-reactive ketones (excluding diaryl/α,β-unsaturated/α-hetero) is 1. The SMILES string of the molecule is CCCCOC1CCC2(C1)NC(=O)C(c1c(C)cc(Cl)cc1C)C2=O. The van der Waals surface area contributed by atoms with Gasteiger partial charge in [-0.25, -0.2) is 0 Å². The molecule has 136 valence electrons. The molecule has 1 aliphatic carbocycles. The molecule has 3 unspecified atom stereocenters. The van der Waals surface area contributed by atoms with Crippen LogP contribution in [0.15, 0.2) is 12.1 Å². The Kier molecular flexibility index (Phi) is 5.21. The van der Waals surface area contributed by atoms with Gasteiger partial charge >= 0.3 is 0 Å². The minimum atomic E-state index is -0.753. The maximum atomic E-state index is 13.2. The summed E-state index contributed by atoms with van der Waals surface area (Å²) < 4.78 is 5.90. The molecule has 1 amide bonds. The number of benzene rings is 1. The van der Waals surface area contributed by atoms with Crippen molar-refractivity contribution < 1.29 is 14.3 Å². The van der Waals surface area contributed by atoms with Gasteiger partial charge in [0.05, 0.1) is 6.10 Å². The highest BCUT2D eigenvalue weighted by molar-refractivity contribution is 6.30. The fourth-order valence-corrected chi connectivity index (χ4v) is 4.61. The summed E-state index contributed by atoms with van der Waals surface area (Å²) in [7, 11) is 0. The monoisotopic (exact) mass is 363 g/mol. The predicted octanol–water partition coefficient (Wildman–Crippen LogP) is 3.85. The van der Waals surface area contributed by atoms with Crippen molar-refractivity contribution in [2.75, 3.05) is 6.61 Å². The second-order valence-corrected chi connectivity index (χ2v) is 7.85. The molecule has 1 saturated carbocycles. The van der Waals surface area contributed by atoms with Crippen molar-refractivity contribution in [2.45, 2.75) is 70.4 Å². The van der Waals surface area contributed by atoms with Crippen LogP contribution in [-0.4, -0.2) is 29.9 Å². The smallest absolute Gasteiger partial charge is 0.235 e. The highest BCUT2D eigenvalue weighted by atomic mass is 35.5. The van der Waals surface area contributed by atoms with Gasteiger partial charge in [0.1, 0.15) is 11.5 Å². The maximum Gasteiger partial charge on any atom is 0.235 e. The Labute approximate surface area is 154 Å². The molecule has 4 nitrogen and oxygen atoms in total. The van der Waals surface area contributed by atoms with E-state index in [0.29, 0.717) is 17.9 Å². The summed E-state index contributed by atoms with van der Waals surface area (Å²) in [5.41, 5.74) is 1.84.